The molecule has 2 aromatic heterocycles. The molecule has 0 saturated carbocycles. The molecule has 0 aliphatic carbocycles. The molecule has 0 unspecified atom stereocenters. The molecular formula is C19H22N4O4S. The first-order valence-electron chi connectivity index (χ1n) is 8.71. The van der Waals surface area contributed by atoms with Crippen LogP contribution in [0.5, 0.6) is 11.5 Å². The lowest BCUT2D eigenvalue weighted by molar-refractivity contribution is -0.121. The second kappa shape index (κ2) is 8.75. The van der Waals surface area contributed by atoms with Crippen molar-refractivity contribution < 1.29 is 19.1 Å². The number of hydrogen-bond donors (Lipinski definition) is 2. The molecule has 0 saturated heterocycles. The van der Waals surface area contributed by atoms with Crippen LogP contribution in [0, 0.1) is 0 Å². The molecule has 3 rings (SSSR count). The summed E-state index contributed by atoms with van der Waals surface area (Å²) in [5.74, 6) is 1.18. The maximum Gasteiger partial charge on any atom is 0.226 e. The first-order chi connectivity index (χ1) is 13.5. The van der Waals surface area contributed by atoms with Gasteiger partial charge in [-0.3, -0.25) is 14.0 Å². The molecule has 0 fully saturated rings. The monoisotopic (exact) mass is 402 g/mol. The van der Waals surface area contributed by atoms with Crippen LogP contribution >= 0.6 is 11.3 Å². The molecule has 2 amide bonds. The van der Waals surface area contributed by atoms with E-state index in [0.29, 0.717) is 24.6 Å². The lowest BCUT2D eigenvalue weighted by Gasteiger charge is -2.08. The Kier molecular flexibility index (Phi) is 6.15. The Morgan fingerprint density at radius 2 is 1.96 bits per heavy atom. The van der Waals surface area contributed by atoms with Crippen LogP contribution in [0.25, 0.3) is 16.2 Å². The Labute approximate surface area is 166 Å². The van der Waals surface area contributed by atoms with E-state index in [2.05, 4.69) is 15.6 Å². The Balaban J connectivity index is 1.77. The molecule has 28 heavy (non-hydrogen) atoms. The summed E-state index contributed by atoms with van der Waals surface area (Å²) in [4.78, 5) is 28.5. The molecular weight excluding hydrogens is 380 g/mol. The van der Waals surface area contributed by atoms with Crippen molar-refractivity contribution in [1.82, 2.24) is 20.0 Å². The minimum atomic E-state index is -0.118. The van der Waals surface area contributed by atoms with E-state index in [9.17, 15) is 9.59 Å². The van der Waals surface area contributed by atoms with Gasteiger partial charge in [-0.2, -0.15) is 0 Å². The van der Waals surface area contributed by atoms with Crippen LogP contribution in [-0.2, 0) is 16.0 Å². The number of thiazole rings is 1. The predicted molar refractivity (Wildman–Crippen MR) is 107 cm³/mol. The molecule has 3 aromatic rings. The maximum atomic E-state index is 12.2. The molecule has 9 heteroatoms. The van der Waals surface area contributed by atoms with Gasteiger partial charge < -0.3 is 20.1 Å². The minimum Gasteiger partial charge on any atom is -0.497 e. The third-order valence-electron chi connectivity index (χ3n) is 4.13. The molecule has 0 bridgehead atoms. The van der Waals surface area contributed by atoms with E-state index in [1.54, 1.807) is 14.2 Å². The number of aromatic nitrogens is 2. The fourth-order valence-electron chi connectivity index (χ4n) is 2.77. The summed E-state index contributed by atoms with van der Waals surface area (Å²) in [6.45, 7) is 2.24. The summed E-state index contributed by atoms with van der Waals surface area (Å²) in [6.07, 6.45) is 2.12. The lowest BCUT2D eigenvalue weighted by atomic mass is 10.1. The number of carbonyl (C=O) groups excluding carboxylic acids is 2. The lowest BCUT2D eigenvalue weighted by Crippen LogP contribution is -2.34. The van der Waals surface area contributed by atoms with Gasteiger partial charge in [-0.25, -0.2) is 4.98 Å². The Morgan fingerprint density at radius 3 is 2.68 bits per heavy atom. The standard InChI is InChI=1S/C19H22N4O4S/c1-12(24)20-6-7-21-18(25)8-13-11-28-19-22-16(10-23(13)19)15-9-14(26-2)4-5-17(15)27-3/h4-5,9-11H,6-8H2,1-3H3,(H,20,24)(H,21,25). The molecule has 1 aromatic carbocycles. The van der Waals surface area contributed by atoms with Crippen LogP contribution in [0.15, 0.2) is 29.8 Å². The van der Waals surface area contributed by atoms with Crippen LogP contribution in [0.4, 0.5) is 0 Å². The number of carbonyl (C=O) groups is 2. The second-order valence-corrected chi connectivity index (χ2v) is 6.92. The van der Waals surface area contributed by atoms with Gasteiger partial charge in [0, 0.05) is 42.8 Å². The number of hydrogen-bond acceptors (Lipinski definition) is 6. The largest absolute Gasteiger partial charge is 0.497 e. The molecule has 0 radical (unpaired) electrons. The average Bonchev–Trinajstić information content (AvgIpc) is 3.26. The van der Waals surface area contributed by atoms with Gasteiger partial charge in [-0.1, -0.05) is 0 Å². The van der Waals surface area contributed by atoms with Crippen molar-refractivity contribution in [3.05, 3.63) is 35.5 Å². The zero-order valence-corrected chi connectivity index (χ0v) is 16.8. The number of methoxy groups -OCH3 is 2. The summed E-state index contributed by atoms with van der Waals surface area (Å²) < 4.78 is 12.7. The highest BCUT2D eigenvalue weighted by atomic mass is 32.1. The zero-order chi connectivity index (χ0) is 20.1. The molecule has 0 aliphatic heterocycles. The second-order valence-electron chi connectivity index (χ2n) is 6.08. The van der Waals surface area contributed by atoms with E-state index in [1.165, 1.54) is 18.3 Å². The highest BCUT2D eigenvalue weighted by Gasteiger charge is 2.15. The van der Waals surface area contributed by atoms with Crippen molar-refractivity contribution in [2.24, 2.45) is 0 Å². The number of nitrogens with zero attached hydrogens (tertiary/aromatic N) is 2. The summed E-state index contributed by atoms with van der Waals surface area (Å²) in [5.41, 5.74) is 2.41. The normalized spacial score (nSPS) is 10.7. The molecule has 148 valence electrons. The van der Waals surface area contributed by atoms with Gasteiger partial charge in [-0.05, 0) is 18.2 Å². The van der Waals surface area contributed by atoms with Gasteiger partial charge in [0.2, 0.25) is 11.8 Å². The Morgan fingerprint density at radius 1 is 1.18 bits per heavy atom. The van der Waals surface area contributed by atoms with Crippen LogP contribution in [-0.4, -0.2) is 48.5 Å². The number of rotatable bonds is 8. The SMILES string of the molecule is COc1ccc(OC)c(-c2cn3c(CC(=O)NCCNC(C)=O)csc3n2)c1. The Hall–Kier alpha value is -3.07. The van der Waals surface area contributed by atoms with Crippen molar-refractivity contribution in [3.8, 4) is 22.8 Å². The van der Waals surface area contributed by atoms with Gasteiger partial charge in [0.25, 0.3) is 0 Å². The molecule has 0 aliphatic rings. The first kappa shape index (κ1) is 19.7. The van der Waals surface area contributed by atoms with Gasteiger partial charge in [-0.15, -0.1) is 11.3 Å². The van der Waals surface area contributed by atoms with E-state index >= 15 is 0 Å². The third kappa shape index (κ3) is 4.42. The summed E-state index contributed by atoms with van der Waals surface area (Å²) >= 11 is 1.47. The van der Waals surface area contributed by atoms with Crippen LogP contribution < -0.4 is 20.1 Å². The van der Waals surface area contributed by atoms with Gasteiger partial charge in [0.15, 0.2) is 4.96 Å². The van der Waals surface area contributed by atoms with Crippen molar-refractivity contribution in [3.63, 3.8) is 0 Å². The van der Waals surface area contributed by atoms with Crippen LogP contribution in [0.1, 0.15) is 12.6 Å². The molecule has 0 spiro atoms. The number of ether oxygens (including phenoxy) is 2. The van der Waals surface area contributed by atoms with E-state index in [1.807, 2.05) is 34.2 Å². The number of fused-ring (bicyclic) bond motifs is 1. The predicted octanol–water partition coefficient (Wildman–Crippen LogP) is 1.87. The highest BCUT2D eigenvalue weighted by molar-refractivity contribution is 7.15. The average molecular weight is 402 g/mol. The minimum absolute atomic E-state index is 0.112. The van der Waals surface area contributed by atoms with Crippen molar-refractivity contribution in [1.29, 1.82) is 0 Å². The molecule has 8 nitrogen and oxygen atoms in total. The van der Waals surface area contributed by atoms with Crippen LogP contribution in [0.3, 0.4) is 0 Å². The third-order valence-corrected chi connectivity index (χ3v) is 5.02. The van der Waals surface area contributed by atoms with E-state index in [0.717, 1.165) is 21.9 Å². The fraction of sp³-hybridized carbons (Fsp3) is 0.316. The molecule has 2 heterocycles. The van der Waals surface area contributed by atoms with E-state index in [4.69, 9.17) is 9.47 Å². The van der Waals surface area contributed by atoms with E-state index < -0.39 is 0 Å². The number of imidazole rings is 1. The summed E-state index contributed by atoms with van der Waals surface area (Å²) in [6, 6.07) is 5.54. The van der Waals surface area contributed by atoms with Gasteiger partial charge in [0.05, 0.1) is 26.3 Å². The molecule has 0 atom stereocenters. The topological polar surface area (TPSA) is 94.0 Å². The number of benzene rings is 1. The maximum absolute atomic E-state index is 12.2. The quantitative estimate of drug-likeness (QED) is 0.561. The van der Waals surface area contributed by atoms with Crippen molar-refractivity contribution in [2.45, 2.75) is 13.3 Å². The van der Waals surface area contributed by atoms with Crippen molar-refractivity contribution >= 4 is 28.1 Å². The van der Waals surface area contributed by atoms with Crippen LogP contribution in [0.2, 0.25) is 0 Å². The number of nitrogens with one attached hydrogen (secondary N) is 2. The smallest absolute Gasteiger partial charge is 0.226 e. The van der Waals surface area contributed by atoms with E-state index in [-0.39, 0.29) is 18.2 Å². The first-order valence-corrected chi connectivity index (χ1v) is 9.58. The summed E-state index contributed by atoms with van der Waals surface area (Å²) in [7, 11) is 3.22. The zero-order valence-electron chi connectivity index (χ0n) is 15.9. The van der Waals surface area contributed by atoms with Crippen molar-refractivity contribution in [2.75, 3.05) is 27.3 Å². The fourth-order valence-corrected chi connectivity index (χ4v) is 3.64. The highest BCUT2D eigenvalue weighted by Crippen LogP contribution is 2.34. The van der Waals surface area contributed by atoms with Gasteiger partial charge in [0.1, 0.15) is 11.5 Å². The Bertz CT molecular complexity index is 995. The number of amides is 2. The molecule has 2 N–H and O–H groups in total. The summed E-state index contributed by atoms with van der Waals surface area (Å²) in [5, 5.41) is 7.35. The van der Waals surface area contributed by atoms with Gasteiger partial charge >= 0.3 is 0 Å².